The molecular weight excluding hydrogens is 294 g/mol. The smallest absolute Gasteiger partial charge is 0.222 e. The molecule has 7 nitrogen and oxygen atoms in total. The van der Waals surface area contributed by atoms with Gasteiger partial charge in [0.1, 0.15) is 5.75 Å². The van der Waals surface area contributed by atoms with Crippen molar-refractivity contribution >= 4 is 5.91 Å². The van der Waals surface area contributed by atoms with Gasteiger partial charge in [0.2, 0.25) is 5.91 Å². The maximum Gasteiger partial charge on any atom is 0.222 e. The van der Waals surface area contributed by atoms with Crippen LogP contribution in [0.3, 0.4) is 0 Å². The maximum atomic E-state index is 12.4. The molecule has 1 aromatic heterocycles. The Morgan fingerprint density at radius 1 is 1.39 bits per heavy atom. The van der Waals surface area contributed by atoms with Crippen LogP contribution in [0.1, 0.15) is 36.6 Å². The molecule has 1 atom stereocenters. The fraction of sp³-hybridized carbons (Fsp3) is 0.500. The number of hydrogen-bond donors (Lipinski definition) is 1. The first-order chi connectivity index (χ1) is 11.3. The third kappa shape index (κ3) is 3.85. The third-order valence-electron chi connectivity index (χ3n) is 4.29. The molecule has 0 spiro atoms. The van der Waals surface area contributed by atoms with E-state index in [0.717, 1.165) is 37.1 Å². The number of piperidine rings is 1. The van der Waals surface area contributed by atoms with Crippen molar-refractivity contribution in [3.8, 4) is 5.75 Å². The Kier molecular flexibility index (Phi) is 4.85. The van der Waals surface area contributed by atoms with Crippen molar-refractivity contribution in [3.63, 3.8) is 0 Å². The van der Waals surface area contributed by atoms with E-state index in [-0.39, 0.29) is 11.8 Å². The van der Waals surface area contributed by atoms with Crippen LogP contribution in [0.15, 0.2) is 24.3 Å². The first kappa shape index (κ1) is 15.5. The van der Waals surface area contributed by atoms with E-state index >= 15 is 0 Å². The van der Waals surface area contributed by atoms with Gasteiger partial charge in [-0.3, -0.25) is 4.79 Å². The number of rotatable bonds is 5. The lowest BCUT2D eigenvalue weighted by molar-refractivity contribution is -0.132. The normalized spacial score (nSPS) is 18.0. The Hall–Kier alpha value is -2.44. The molecule has 0 aliphatic carbocycles. The number of nitrogens with zero attached hydrogens (tertiary/aromatic N) is 4. The van der Waals surface area contributed by atoms with Gasteiger partial charge in [-0.25, -0.2) is 0 Å². The lowest BCUT2D eigenvalue weighted by atomic mass is 9.97. The predicted molar refractivity (Wildman–Crippen MR) is 84.0 cm³/mol. The molecule has 122 valence electrons. The number of aromatic amines is 1. The van der Waals surface area contributed by atoms with Crippen LogP contribution >= 0.6 is 0 Å². The first-order valence-electron chi connectivity index (χ1n) is 7.90. The number of aromatic nitrogens is 4. The Balaban J connectivity index is 1.53. The fourth-order valence-electron chi connectivity index (χ4n) is 2.96. The lowest BCUT2D eigenvalue weighted by Crippen LogP contribution is -2.39. The van der Waals surface area contributed by atoms with Crippen molar-refractivity contribution in [2.75, 3.05) is 20.2 Å². The van der Waals surface area contributed by atoms with Gasteiger partial charge in [-0.15, -0.1) is 10.2 Å². The van der Waals surface area contributed by atoms with Gasteiger partial charge in [-0.05, 0) is 37.0 Å². The minimum absolute atomic E-state index is 0.187. The van der Waals surface area contributed by atoms with Gasteiger partial charge in [0, 0.05) is 25.4 Å². The zero-order valence-electron chi connectivity index (χ0n) is 13.2. The highest BCUT2D eigenvalue weighted by atomic mass is 16.5. The Labute approximate surface area is 135 Å². The fourth-order valence-corrected chi connectivity index (χ4v) is 2.96. The van der Waals surface area contributed by atoms with Crippen molar-refractivity contribution in [2.45, 2.75) is 31.6 Å². The van der Waals surface area contributed by atoms with Crippen LogP contribution in [-0.4, -0.2) is 51.6 Å². The van der Waals surface area contributed by atoms with Gasteiger partial charge in [-0.1, -0.05) is 17.3 Å². The van der Waals surface area contributed by atoms with E-state index in [1.165, 1.54) is 0 Å². The van der Waals surface area contributed by atoms with Crippen LogP contribution in [0.4, 0.5) is 0 Å². The van der Waals surface area contributed by atoms with Crippen LogP contribution in [0.5, 0.6) is 5.75 Å². The second kappa shape index (κ2) is 7.21. The number of aryl methyl sites for hydroxylation is 1. The minimum atomic E-state index is 0.187. The number of benzene rings is 1. The summed E-state index contributed by atoms with van der Waals surface area (Å²) in [5.41, 5.74) is 1.14. The van der Waals surface area contributed by atoms with Gasteiger partial charge in [-0.2, -0.15) is 5.21 Å². The van der Waals surface area contributed by atoms with Crippen LogP contribution in [-0.2, 0) is 11.2 Å². The molecule has 1 aliphatic heterocycles. The number of nitrogens with one attached hydrogen (secondary N) is 1. The highest BCUT2D eigenvalue weighted by Gasteiger charge is 2.26. The van der Waals surface area contributed by atoms with Gasteiger partial charge in [0.25, 0.3) is 0 Å². The van der Waals surface area contributed by atoms with Gasteiger partial charge in [0.15, 0.2) is 5.82 Å². The summed E-state index contributed by atoms with van der Waals surface area (Å²) < 4.78 is 5.14. The summed E-state index contributed by atoms with van der Waals surface area (Å²) in [6.07, 6.45) is 3.24. The molecule has 1 N–H and O–H groups in total. The summed E-state index contributed by atoms with van der Waals surface area (Å²) in [7, 11) is 1.65. The molecule has 0 saturated carbocycles. The van der Waals surface area contributed by atoms with Gasteiger partial charge < -0.3 is 9.64 Å². The quantitative estimate of drug-likeness (QED) is 0.905. The van der Waals surface area contributed by atoms with Crippen molar-refractivity contribution in [1.29, 1.82) is 0 Å². The van der Waals surface area contributed by atoms with Crippen LogP contribution in [0, 0.1) is 0 Å². The summed E-state index contributed by atoms with van der Waals surface area (Å²) in [5, 5.41) is 14.2. The molecule has 2 aromatic rings. The molecule has 1 saturated heterocycles. The van der Waals surface area contributed by atoms with Gasteiger partial charge >= 0.3 is 0 Å². The third-order valence-corrected chi connectivity index (χ3v) is 4.29. The molecule has 3 rings (SSSR count). The van der Waals surface area contributed by atoms with E-state index in [9.17, 15) is 4.79 Å². The topological polar surface area (TPSA) is 84.0 Å². The molecule has 1 fully saturated rings. The second-order valence-electron chi connectivity index (χ2n) is 5.80. The first-order valence-corrected chi connectivity index (χ1v) is 7.90. The minimum Gasteiger partial charge on any atom is -0.497 e. The van der Waals surface area contributed by atoms with Crippen molar-refractivity contribution in [2.24, 2.45) is 0 Å². The van der Waals surface area contributed by atoms with Crippen LogP contribution in [0.2, 0.25) is 0 Å². The highest BCUT2D eigenvalue weighted by molar-refractivity contribution is 5.76. The monoisotopic (exact) mass is 315 g/mol. The molecule has 23 heavy (non-hydrogen) atoms. The van der Waals surface area contributed by atoms with E-state index in [1.807, 2.05) is 29.2 Å². The molecular formula is C16H21N5O2. The SMILES string of the molecule is COc1ccc(CCC(=O)N2CCCC(c3nn[nH]n3)C2)cc1. The zero-order valence-corrected chi connectivity index (χ0v) is 13.2. The second-order valence-corrected chi connectivity index (χ2v) is 5.80. The van der Waals surface area contributed by atoms with Crippen molar-refractivity contribution < 1.29 is 9.53 Å². The molecule has 0 bridgehead atoms. The van der Waals surface area contributed by atoms with Crippen molar-refractivity contribution in [3.05, 3.63) is 35.7 Å². The Morgan fingerprint density at radius 3 is 2.91 bits per heavy atom. The highest BCUT2D eigenvalue weighted by Crippen LogP contribution is 2.24. The molecule has 1 amide bonds. The van der Waals surface area contributed by atoms with Crippen molar-refractivity contribution in [1.82, 2.24) is 25.5 Å². The van der Waals surface area contributed by atoms with E-state index in [0.29, 0.717) is 18.8 Å². The molecule has 1 unspecified atom stereocenters. The van der Waals surface area contributed by atoms with Crippen LogP contribution < -0.4 is 4.74 Å². The standard InChI is InChI=1S/C16H21N5O2/c1-23-14-7-4-12(5-8-14)6-9-15(22)21-10-2-3-13(11-21)16-17-19-20-18-16/h4-5,7-8,13H,2-3,6,9-11H2,1H3,(H,17,18,19,20). The number of H-pyrrole nitrogens is 1. The number of carbonyl (C=O) groups excluding carboxylic acids is 1. The number of amides is 1. The molecule has 1 aliphatic rings. The summed E-state index contributed by atoms with van der Waals surface area (Å²) >= 11 is 0. The molecule has 0 radical (unpaired) electrons. The lowest BCUT2D eigenvalue weighted by Gasteiger charge is -2.31. The number of likely N-dealkylation sites (tertiary alicyclic amines) is 1. The van der Waals surface area contributed by atoms with E-state index in [2.05, 4.69) is 20.6 Å². The summed E-state index contributed by atoms with van der Waals surface area (Å²) in [6, 6.07) is 7.86. The molecule has 2 heterocycles. The number of ether oxygens (including phenoxy) is 1. The Morgan fingerprint density at radius 2 is 2.22 bits per heavy atom. The average Bonchev–Trinajstić information content (AvgIpc) is 3.15. The van der Waals surface area contributed by atoms with E-state index in [1.54, 1.807) is 7.11 Å². The summed E-state index contributed by atoms with van der Waals surface area (Å²) in [4.78, 5) is 14.4. The van der Waals surface area contributed by atoms with Crippen LogP contribution in [0.25, 0.3) is 0 Å². The largest absolute Gasteiger partial charge is 0.497 e. The van der Waals surface area contributed by atoms with E-state index in [4.69, 9.17) is 4.74 Å². The predicted octanol–water partition coefficient (Wildman–Crippen LogP) is 1.55. The number of carbonyl (C=O) groups is 1. The molecule has 7 heteroatoms. The Bertz CT molecular complexity index is 626. The number of hydrogen-bond acceptors (Lipinski definition) is 5. The number of tetrazole rings is 1. The summed E-state index contributed by atoms with van der Waals surface area (Å²) in [5.74, 6) is 1.91. The summed E-state index contributed by atoms with van der Waals surface area (Å²) in [6.45, 7) is 1.50. The molecule has 1 aromatic carbocycles. The maximum absolute atomic E-state index is 12.4. The van der Waals surface area contributed by atoms with E-state index < -0.39 is 0 Å². The average molecular weight is 315 g/mol. The zero-order chi connectivity index (χ0) is 16.1. The number of methoxy groups -OCH3 is 1. The van der Waals surface area contributed by atoms with Gasteiger partial charge in [0.05, 0.1) is 7.11 Å².